The fraction of sp³-hybridized carbons (Fsp3) is 0.474. The Bertz CT molecular complexity index is 729. The van der Waals surface area contributed by atoms with Gasteiger partial charge in [0.1, 0.15) is 0 Å². The van der Waals surface area contributed by atoms with Gasteiger partial charge in [-0.25, -0.2) is 4.98 Å². The van der Waals surface area contributed by atoms with Gasteiger partial charge >= 0.3 is 5.97 Å². The molecular weight excluding hydrogens is 334 g/mol. The highest BCUT2D eigenvalue weighted by Gasteiger charge is 2.23. The molecule has 26 heavy (non-hydrogen) atoms. The molecule has 2 aromatic rings. The van der Waals surface area contributed by atoms with Gasteiger partial charge in [0, 0.05) is 25.2 Å². The molecule has 3 rings (SSSR count). The van der Waals surface area contributed by atoms with Gasteiger partial charge in [-0.1, -0.05) is 29.8 Å². The van der Waals surface area contributed by atoms with E-state index in [1.165, 1.54) is 5.56 Å². The van der Waals surface area contributed by atoms with Crippen molar-refractivity contribution in [2.45, 2.75) is 19.6 Å². The molecule has 1 N–H and O–H groups in total. The van der Waals surface area contributed by atoms with Gasteiger partial charge in [-0.15, -0.1) is 0 Å². The number of carboxylic acids is 1. The van der Waals surface area contributed by atoms with Crippen LogP contribution in [-0.4, -0.2) is 71.8 Å². The molecule has 0 amide bonds. The van der Waals surface area contributed by atoms with Crippen LogP contribution in [0.3, 0.4) is 0 Å². The van der Waals surface area contributed by atoms with Gasteiger partial charge in [-0.3, -0.25) is 14.6 Å². The van der Waals surface area contributed by atoms with Crippen LogP contribution in [0.15, 0.2) is 34.9 Å². The van der Waals surface area contributed by atoms with Crippen LogP contribution in [0.4, 0.5) is 0 Å². The third kappa shape index (κ3) is 5.14. The summed E-state index contributed by atoms with van der Waals surface area (Å²) in [5.41, 5.74) is 2.23. The Hall–Kier alpha value is -2.22. The monoisotopic (exact) mass is 359 g/mol. The first-order valence-electron chi connectivity index (χ1n) is 8.75. The molecule has 140 valence electrons. The van der Waals surface area contributed by atoms with Crippen molar-refractivity contribution >= 4 is 5.97 Å². The summed E-state index contributed by atoms with van der Waals surface area (Å²) < 4.78 is 11.7. The maximum Gasteiger partial charge on any atom is 0.317 e. The van der Waals surface area contributed by atoms with E-state index in [-0.39, 0.29) is 12.6 Å². The largest absolute Gasteiger partial charge is 0.480 e. The number of aromatic nitrogens is 1. The van der Waals surface area contributed by atoms with Gasteiger partial charge < -0.3 is 14.3 Å². The fourth-order valence-electron chi connectivity index (χ4n) is 3.10. The van der Waals surface area contributed by atoms with Crippen molar-refractivity contribution in [1.82, 2.24) is 14.8 Å². The van der Waals surface area contributed by atoms with E-state index in [0.717, 1.165) is 24.4 Å². The lowest BCUT2D eigenvalue weighted by Gasteiger charge is -2.33. The van der Waals surface area contributed by atoms with Crippen molar-refractivity contribution in [2.24, 2.45) is 0 Å². The topological polar surface area (TPSA) is 79.0 Å². The Balaban J connectivity index is 1.55. The number of aryl methyl sites for hydroxylation is 1. The van der Waals surface area contributed by atoms with E-state index >= 15 is 0 Å². The molecule has 1 aromatic heterocycles. The van der Waals surface area contributed by atoms with E-state index in [1.54, 1.807) is 18.1 Å². The molecule has 1 saturated heterocycles. The average Bonchev–Trinajstić information content (AvgIpc) is 3.03. The summed E-state index contributed by atoms with van der Waals surface area (Å²) in [6.45, 7) is 5.43. The van der Waals surface area contributed by atoms with Crippen LogP contribution < -0.4 is 0 Å². The summed E-state index contributed by atoms with van der Waals surface area (Å²) in [4.78, 5) is 19.2. The van der Waals surface area contributed by atoms with Crippen molar-refractivity contribution in [3.05, 3.63) is 41.9 Å². The van der Waals surface area contributed by atoms with Crippen LogP contribution in [0.5, 0.6) is 0 Å². The zero-order chi connectivity index (χ0) is 18.5. The number of carboxylic acid groups (broad SMARTS) is 1. The third-order valence-corrected chi connectivity index (χ3v) is 4.39. The maximum atomic E-state index is 10.8. The Morgan fingerprint density at radius 1 is 1.38 bits per heavy atom. The lowest BCUT2D eigenvalue weighted by Crippen LogP contribution is -2.47. The number of aliphatic carboxylic acids is 1. The first kappa shape index (κ1) is 18.6. The van der Waals surface area contributed by atoms with E-state index in [1.807, 2.05) is 12.1 Å². The van der Waals surface area contributed by atoms with Crippen LogP contribution in [0, 0.1) is 6.92 Å². The molecule has 0 radical (unpaired) electrons. The molecule has 7 heteroatoms. The van der Waals surface area contributed by atoms with Crippen LogP contribution in [0.25, 0.3) is 11.3 Å². The van der Waals surface area contributed by atoms with Gasteiger partial charge in [0.2, 0.25) is 5.89 Å². The summed E-state index contributed by atoms with van der Waals surface area (Å²) >= 11 is 0. The summed E-state index contributed by atoms with van der Waals surface area (Å²) in [7, 11) is 1.79. The predicted octanol–water partition coefficient (Wildman–Crippen LogP) is 1.87. The van der Waals surface area contributed by atoms with Crippen molar-refractivity contribution in [2.75, 3.05) is 39.8 Å². The lowest BCUT2D eigenvalue weighted by molar-refractivity contribution is -0.138. The normalized spacial score (nSPS) is 18.3. The SMILES string of the molecule is Cc1ccc(-c2cnc(CN3CCOC(CN(C)CC(=O)O)C3)o2)cc1. The summed E-state index contributed by atoms with van der Waals surface area (Å²) in [5.74, 6) is 0.620. The van der Waals surface area contributed by atoms with E-state index < -0.39 is 5.97 Å². The van der Waals surface area contributed by atoms with Crippen LogP contribution in [0.2, 0.25) is 0 Å². The number of hydrogen-bond acceptors (Lipinski definition) is 6. The van der Waals surface area contributed by atoms with Crippen LogP contribution >= 0.6 is 0 Å². The van der Waals surface area contributed by atoms with Crippen molar-refractivity contribution in [3.63, 3.8) is 0 Å². The molecule has 2 heterocycles. The highest BCUT2D eigenvalue weighted by molar-refractivity contribution is 5.69. The van der Waals surface area contributed by atoms with Crippen LogP contribution in [-0.2, 0) is 16.1 Å². The Morgan fingerprint density at radius 2 is 2.15 bits per heavy atom. The highest BCUT2D eigenvalue weighted by Crippen LogP contribution is 2.21. The van der Waals surface area contributed by atoms with E-state index in [4.69, 9.17) is 14.3 Å². The average molecular weight is 359 g/mol. The van der Waals surface area contributed by atoms with Gasteiger partial charge in [-0.05, 0) is 14.0 Å². The number of carbonyl (C=O) groups is 1. The van der Waals surface area contributed by atoms with Crippen molar-refractivity contribution in [3.8, 4) is 11.3 Å². The lowest BCUT2D eigenvalue weighted by atomic mass is 10.1. The number of ether oxygens (including phenoxy) is 1. The molecule has 7 nitrogen and oxygen atoms in total. The zero-order valence-electron chi connectivity index (χ0n) is 15.2. The molecule has 1 fully saturated rings. The first-order chi connectivity index (χ1) is 12.5. The van der Waals surface area contributed by atoms with E-state index in [0.29, 0.717) is 25.6 Å². The van der Waals surface area contributed by atoms with Gasteiger partial charge in [-0.2, -0.15) is 0 Å². The van der Waals surface area contributed by atoms with Gasteiger partial charge in [0.25, 0.3) is 0 Å². The molecule has 1 aromatic carbocycles. The Morgan fingerprint density at radius 3 is 2.88 bits per heavy atom. The maximum absolute atomic E-state index is 10.8. The minimum atomic E-state index is -0.830. The molecule has 1 aliphatic heterocycles. The minimum Gasteiger partial charge on any atom is -0.480 e. The molecule has 1 unspecified atom stereocenters. The van der Waals surface area contributed by atoms with Crippen molar-refractivity contribution < 1.29 is 19.1 Å². The summed E-state index contributed by atoms with van der Waals surface area (Å²) in [6.07, 6.45) is 1.75. The Labute approximate surface area is 153 Å². The number of likely N-dealkylation sites (N-methyl/N-ethyl adjacent to an activating group) is 1. The second kappa shape index (κ2) is 8.44. The fourth-order valence-corrected chi connectivity index (χ4v) is 3.10. The van der Waals surface area contributed by atoms with Crippen LogP contribution in [0.1, 0.15) is 11.5 Å². The smallest absolute Gasteiger partial charge is 0.317 e. The second-order valence-corrected chi connectivity index (χ2v) is 6.80. The summed E-state index contributed by atoms with van der Waals surface area (Å²) in [6, 6.07) is 8.17. The standard InChI is InChI=1S/C19H25N3O4/c1-14-3-5-15(6-4-14)17-9-20-18(26-17)12-22-7-8-25-16(11-22)10-21(2)13-19(23)24/h3-6,9,16H,7-8,10-13H2,1-2H3,(H,23,24). The predicted molar refractivity (Wildman–Crippen MR) is 96.8 cm³/mol. The first-order valence-corrected chi connectivity index (χ1v) is 8.75. The molecule has 0 spiro atoms. The van der Waals surface area contributed by atoms with Gasteiger partial charge in [0.15, 0.2) is 5.76 Å². The quantitative estimate of drug-likeness (QED) is 0.808. The zero-order valence-corrected chi connectivity index (χ0v) is 15.2. The van der Waals surface area contributed by atoms with E-state index in [9.17, 15) is 4.79 Å². The highest BCUT2D eigenvalue weighted by atomic mass is 16.5. The molecule has 1 aliphatic rings. The van der Waals surface area contributed by atoms with Gasteiger partial charge in [0.05, 0.1) is 32.0 Å². The minimum absolute atomic E-state index is 0.0134. The number of rotatable bonds is 7. The second-order valence-electron chi connectivity index (χ2n) is 6.80. The Kier molecular flexibility index (Phi) is 6.03. The molecule has 0 aliphatic carbocycles. The number of nitrogens with zero attached hydrogens (tertiary/aromatic N) is 3. The van der Waals surface area contributed by atoms with E-state index in [2.05, 4.69) is 28.9 Å². The number of morpholine rings is 1. The molecule has 0 saturated carbocycles. The number of benzene rings is 1. The van der Waals surface area contributed by atoms with Crippen molar-refractivity contribution in [1.29, 1.82) is 0 Å². The number of hydrogen-bond donors (Lipinski definition) is 1. The number of oxazole rings is 1. The molecular formula is C19H25N3O4. The molecule has 1 atom stereocenters. The summed E-state index contributed by atoms with van der Waals surface area (Å²) in [5, 5.41) is 8.86. The third-order valence-electron chi connectivity index (χ3n) is 4.39. The molecule has 0 bridgehead atoms.